The van der Waals surface area contributed by atoms with Gasteiger partial charge in [-0.15, -0.1) is 0 Å². The Balaban J connectivity index is 1.75. The Morgan fingerprint density at radius 1 is 1.17 bits per heavy atom. The van der Waals surface area contributed by atoms with Gasteiger partial charge in [-0.05, 0) is 79.1 Å². The molecule has 0 bridgehead atoms. The van der Waals surface area contributed by atoms with Crippen molar-refractivity contribution in [2.75, 3.05) is 0 Å². The minimum atomic E-state index is -0.0941. The summed E-state index contributed by atoms with van der Waals surface area (Å²) >= 11 is 0. The van der Waals surface area contributed by atoms with Gasteiger partial charge < -0.3 is 5.11 Å². The highest BCUT2D eigenvalue weighted by atomic mass is 16.3. The molecule has 0 aliphatic heterocycles. The van der Waals surface area contributed by atoms with Crippen LogP contribution in [0.25, 0.3) is 0 Å². The zero-order chi connectivity index (χ0) is 17.1. The van der Waals surface area contributed by atoms with Gasteiger partial charge in [-0.3, -0.25) is 4.79 Å². The van der Waals surface area contributed by atoms with Crippen LogP contribution in [0.2, 0.25) is 0 Å². The van der Waals surface area contributed by atoms with E-state index in [9.17, 15) is 9.90 Å². The van der Waals surface area contributed by atoms with Gasteiger partial charge in [0.15, 0.2) is 5.78 Å². The first-order valence-electron chi connectivity index (χ1n) is 10.3. The van der Waals surface area contributed by atoms with Crippen LogP contribution in [0.15, 0.2) is 11.6 Å². The number of rotatable bonds is 2. The number of fused-ring (bicyclic) bond motifs is 5. The van der Waals surface area contributed by atoms with Crippen molar-refractivity contribution in [1.82, 2.24) is 0 Å². The minimum absolute atomic E-state index is 0.0941. The second-order valence-electron chi connectivity index (χ2n) is 9.73. The van der Waals surface area contributed by atoms with Crippen LogP contribution in [-0.2, 0) is 4.79 Å². The third-order valence-corrected chi connectivity index (χ3v) is 8.75. The molecule has 0 radical (unpaired) electrons. The van der Waals surface area contributed by atoms with Crippen LogP contribution in [0, 0.1) is 34.5 Å². The standard InChI is InChI=1S/C22H34O2/c1-4-5-14-12-15-13-16(23)8-10-21(15,2)18-9-11-22(3)17(20(14)18)6-7-19(22)24/h13-14,17-20,24H,4-12H2,1-3H3/t14?,17-,18+,19?,20-,21-,22-/m0/s1. The number of aliphatic hydroxyl groups excluding tert-OH is 1. The molecule has 0 saturated heterocycles. The Bertz CT molecular complexity index is 564. The largest absolute Gasteiger partial charge is 0.393 e. The summed E-state index contributed by atoms with van der Waals surface area (Å²) in [6.45, 7) is 7.13. The second kappa shape index (κ2) is 5.69. The molecule has 2 heteroatoms. The maximum Gasteiger partial charge on any atom is 0.155 e. The van der Waals surface area contributed by atoms with Crippen LogP contribution in [0.1, 0.15) is 78.6 Å². The first-order valence-corrected chi connectivity index (χ1v) is 10.3. The van der Waals surface area contributed by atoms with Crippen LogP contribution in [0.3, 0.4) is 0 Å². The Kier molecular flexibility index (Phi) is 3.99. The molecule has 24 heavy (non-hydrogen) atoms. The quantitative estimate of drug-likeness (QED) is 0.781. The number of carbonyl (C=O) groups excluding carboxylic acids is 1. The topological polar surface area (TPSA) is 37.3 Å². The highest BCUT2D eigenvalue weighted by molar-refractivity contribution is 5.91. The van der Waals surface area contributed by atoms with Gasteiger partial charge in [0.2, 0.25) is 0 Å². The molecule has 0 amide bonds. The predicted octanol–water partition coefficient (Wildman–Crippen LogP) is 4.91. The van der Waals surface area contributed by atoms with E-state index in [1.54, 1.807) is 0 Å². The maximum atomic E-state index is 12.1. The lowest BCUT2D eigenvalue weighted by molar-refractivity contribution is -0.120. The van der Waals surface area contributed by atoms with Crippen molar-refractivity contribution in [2.45, 2.75) is 84.7 Å². The van der Waals surface area contributed by atoms with E-state index in [0.29, 0.717) is 11.7 Å². The third kappa shape index (κ3) is 2.21. The van der Waals surface area contributed by atoms with Crippen molar-refractivity contribution in [3.05, 3.63) is 11.6 Å². The number of hydrogen-bond acceptors (Lipinski definition) is 2. The van der Waals surface area contributed by atoms with Gasteiger partial charge in [-0.1, -0.05) is 39.2 Å². The predicted molar refractivity (Wildman–Crippen MR) is 96.5 cm³/mol. The zero-order valence-electron chi connectivity index (χ0n) is 15.7. The van der Waals surface area contributed by atoms with E-state index < -0.39 is 0 Å². The first-order chi connectivity index (χ1) is 11.4. The summed E-state index contributed by atoms with van der Waals surface area (Å²) in [5.74, 6) is 3.26. The first kappa shape index (κ1) is 16.8. The number of hydrogen-bond donors (Lipinski definition) is 1. The van der Waals surface area contributed by atoms with Gasteiger partial charge in [0.05, 0.1) is 6.10 Å². The fraction of sp³-hybridized carbons (Fsp3) is 0.864. The Morgan fingerprint density at radius 3 is 2.71 bits per heavy atom. The summed E-state index contributed by atoms with van der Waals surface area (Å²) in [4.78, 5) is 12.1. The molecule has 3 fully saturated rings. The summed E-state index contributed by atoms with van der Waals surface area (Å²) in [6, 6.07) is 0. The lowest BCUT2D eigenvalue weighted by Gasteiger charge is -2.60. The molecule has 4 aliphatic carbocycles. The summed E-state index contributed by atoms with van der Waals surface area (Å²) in [6.07, 6.45) is 12.0. The maximum absolute atomic E-state index is 12.1. The zero-order valence-corrected chi connectivity index (χ0v) is 15.7. The van der Waals surface area contributed by atoms with Gasteiger partial charge in [0.25, 0.3) is 0 Å². The van der Waals surface area contributed by atoms with Gasteiger partial charge in [0, 0.05) is 6.42 Å². The molecule has 0 aromatic carbocycles. The van der Waals surface area contributed by atoms with Crippen LogP contribution >= 0.6 is 0 Å². The molecule has 4 aliphatic rings. The smallest absolute Gasteiger partial charge is 0.155 e. The third-order valence-electron chi connectivity index (χ3n) is 8.75. The number of allylic oxidation sites excluding steroid dienone is 1. The second-order valence-corrected chi connectivity index (χ2v) is 9.73. The molecule has 0 aromatic heterocycles. The lowest BCUT2D eigenvalue weighted by atomic mass is 9.44. The summed E-state index contributed by atoms with van der Waals surface area (Å²) in [5, 5.41) is 10.7. The molecule has 4 rings (SSSR count). The van der Waals surface area contributed by atoms with Crippen LogP contribution < -0.4 is 0 Å². The van der Waals surface area contributed by atoms with Crippen molar-refractivity contribution < 1.29 is 9.90 Å². The van der Waals surface area contributed by atoms with E-state index in [-0.39, 0.29) is 16.9 Å². The van der Waals surface area contributed by atoms with E-state index in [1.165, 1.54) is 37.7 Å². The van der Waals surface area contributed by atoms with E-state index >= 15 is 0 Å². The molecule has 0 spiro atoms. The van der Waals surface area contributed by atoms with Crippen molar-refractivity contribution in [3.8, 4) is 0 Å². The molecule has 1 N–H and O–H groups in total. The number of aliphatic hydroxyl groups is 1. The average molecular weight is 331 g/mol. The molecule has 134 valence electrons. The van der Waals surface area contributed by atoms with Crippen LogP contribution in [-0.4, -0.2) is 17.0 Å². The lowest BCUT2D eigenvalue weighted by Crippen LogP contribution is -2.54. The normalized spacial score (nSPS) is 50.8. The summed E-state index contributed by atoms with van der Waals surface area (Å²) in [7, 11) is 0. The molecule has 2 unspecified atom stereocenters. The van der Waals surface area contributed by atoms with Crippen LogP contribution in [0.4, 0.5) is 0 Å². The summed E-state index contributed by atoms with van der Waals surface area (Å²) < 4.78 is 0. The molecule has 0 heterocycles. The highest BCUT2D eigenvalue weighted by Crippen LogP contribution is 2.67. The molecule has 3 saturated carbocycles. The number of ketones is 1. The van der Waals surface area contributed by atoms with E-state index in [1.807, 2.05) is 6.08 Å². The van der Waals surface area contributed by atoms with Gasteiger partial charge in [-0.25, -0.2) is 0 Å². The number of carbonyl (C=O) groups is 1. The molecular formula is C22H34O2. The van der Waals surface area contributed by atoms with Gasteiger partial charge >= 0.3 is 0 Å². The van der Waals surface area contributed by atoms with Crippen molar-refractivity contribution >= 4 is 5.78 Å². The van der Waals surface area contributed by atoms with E-state index in [0.717, 1.165) is 43.4 Å². The molecule has 0 aromatic rings. The fourth-order valence-corrected chi connectivity index (χ4v) is 7.34. The highest BCUT2D eigenvalue weighted by Gasteiger charge is 2.60. The van der Waals surface area contributed by atoms with Gasteiger partial charge in [-0.2, -0.15) is 0 Å². The SMILES string of the molecule is CCCC1CC2=CC(=O)CC[C@]2(C)[C@@H]2CC[C@]3(C)C(O)CC[C@H]3[C@H]12. The van der Waals surface area contributed by atoms with E-state index in [4.69, 9.17) is 0 Å². The van der Waals surface area contributed by atoms with Crippen LogP contribution in [0.5, 0.6) is 0 Å². The molecule has 7 atom stereocenters. The van der Waals surface area contributed by atoms with Crippen molar-refractivity contribution in [1.29, 1.82) is 0 Å². The Hall–Kier alpha value is -0.630. The van der Waals surface area contributed by atoms with Crippen molar-refractivity contribution in [2.24, 2.45) is 34.5 Å². The van der Waals surface area contributed by atoms with Crippen molar-refractivity contribution in [3.63, 3.8) is 0 Å². The minimum Gasteiger partial charge on any atom is -0.393 e. The Morgan fingerprint density at radius 2 is 1.96 bits per heavy atom. The molecule has 2 nitrogen and oxygen atoms in total. The fourth-order valence-electron chi connectivity index (χ4n) is 7.34. The van der Waals surface area contributed by atoms with E-state index in [2.05, 4.69) is 20.8 Å². The average Bonchev–Trinajstić information content (AvgIpc) is 2.85. The Labute approximate surface area is 147 Å². The molecular weight excluding hydrogens is 296 g/mol. The monoisotopic (exact) mass is 330 g/mol. The summed E-state index contributed by atoms with van der Waals surface area (Å²) in [5.41, 5.74) is 1.87. The van der Waals surface area contributed by atoms with Gasteiger partial charge in [0.1, 0.15) is 0 Å².